The van der Waals surface area contributed by atoms with Crippen LogP contribution in [0.25, 0.3) is 0 Å². The molecule has 1 heterocycles. The summed E-state index contributed by atoms with van der Waals surface area (Å²) < 4.78 is 5.48. The summed E-state index contributed by atoms with van der Waals surface area (Å²) >= 11 is 0. The van der Waals surface area contributed by atoms with Crippen molar-refractivity contribution < 1.29 is 4.42 Å². The Morgan fingerprint density at radius 1 is 1.25 bits per heavy atom. The first-order valence-electron chi connectivity index (χ1n) is 7.36. The summed E-state index contributed by atoms with van der Waals surface area (Å²) in [6, 6.07) is 13.7. The molecule has 20 heavy (non-hydrogen) atoms. The van der Waals surface area contributed by atoms with Crippen LogP contribution in [0.1, 0.15) is 31.1 Å². The summed E-state index contributed by atoms with van der Waals surface area (Å²) in [4.78, 5) is 2.44. The zero-order chi connectivity index (χ0) is 13.9. The average molecular weight is 270 g/mol. The first-order valence-corrected chi connectivity index (χ1v) is 7.36. The van der Waals surface area contributed by atoms with Gasteiger partial charge < -0.3 is 15.1 Å². The smallest absolute Gasteiger partial charge is 0.123 e. The number of anilines is 1. The lowest BCUT2D eigenvalue weighted by Gasteiger charge is -2.24. The lowest BCUT2D eigenvalue weighted by molar-refractivity contribution is 0.501. The van der Waals surface area contributed by atoms with Crippen LogP contribution >= 0.6 is 0 Å². The third-order valence-electron chi connectivity index (χ3n) is 3.72. The van der Waals surface area contributed by atoms with Gasteiger partial charge in [0.2, 0.25) is 0 Å². The van der Waals surface area contributed by atoms with Crippen molar-refractivity contribution >= 4 is 5.69 Å². The van der Waals surface area contributed by atoms with Crippen LogP contribution in [-0.4, -0.2) is 12.1 Å². The van der Waals surface area contributed by atoms with Crippen molar-refractivity contribution in [1.82, 2.24) is 0 Å². The topological polar surface area (TPSA) is 42.4 Å². The molecule has 0 saturated heterocycles. The zero-order valence-electron chi connectivity index (χ0n) is 12.0. The van der Waals surface area contributed by atoms with E-state index >= 15 is 0 Å². The van der Waals surface area contributed by atoms with Gasteiger partial charge in [0.15, 0.2) is 0 Å². The first kappa shape index (κ1) is 13.3. The van der Waals surface area contributed by atoms with Crippen molar-refractivity contribution in [3.05, 3.63) is 54.0 Å². The second kappa shape index (κ2) is 5.71. The van der Waals surface area contributed by atoms with Gasteiger partial charge in [0.1, 0.15) is 5.76 Å². The molecule has 3 nitrogen and oxygen atoms in total. The second-order valence-corrected chi connectivity index (χ2v) is 5.79. The molecule has 0 spiro atoms. The van der Waals surface area contributed by atoms with Crippen molar-refractivity contribution in [3.63, 3.8) is 0 Å². The fourth-order valence-corrected chi connectivity index (χ4v) is 2.58. The van der Waals surface area contributed by atoms with Gasteiger partial charge >= 0.3 is 0 Å². The number of benzene rings is 1. The lowest BCUT2D eigenvalue weighted by Crippen LogP contribution is -2.24. The number of rotatable bonds is 6. The second-order valence-electron chi connectivity index (χ2n) is 5.79. The number of hydrogen-bond acceptors (Lipinski definition) is 3. The normalized spacial score (nSPS) is 16.1. The predicted octanol–water partition coefficient (Wildman–Crippen LogP) is 3.34. The Labute approximate surface area is 120 Å². The van der Waals surface area contributed by atoms with E-state index in [1.54, 1.807) is 6.26 Å². The van der Waals surface area contributed by atoms with Gasteiger partial charge in [-0.3, -0.25) is 0 Å². The predicted molar refractivity (Wildman–Crippen MR) is 81.7 cm³/mol. The van der Waals surface area contributed by atoms with Crippen molar-refractivity contribution in [1.29, 1.82) is 0 Å². The molecule has 0 amide bonds. The highest BCUT2D eigenvalue weighted by Gasteiger charge is 2.29. The SMILES string of the molecule is CC(N)Cc1ccc(N(Cc2ccco2)C2CC2)cc1. The molecule has 106 valence electrons. The van der Waals surface area contributed by atoms with Crippen LogP contribution in [0.4, 0.5) is 5.69 Å². The Balaban J connectivity index is 1.74. The van der Waals surface area contributed by atoms with Gasteiger partial charge in [-0.25, -0.2) is 0 Å². The minimum Gasteiger partial charge on any atom is -0.467 e. The molecule has 0 aliphatic heterocycles. The van der Waals surface area contributed by atoms with Gasteiger partial charge in [-0.2, -0.15) is 0 Å². The van der Waals surface area contributed by atoms with E-state index in [1.165, 1.54) is 24.1 Å². The molecule has 1 aromatic heterocycles. The quantitative estimate of drug-likeness (QED) is 0.875. The Bertz CT molecular complexity index is 527. The van der Waals surface area contributed by atoms with E-state index < -0.39 is 0 Å². The summed E-state index contributed by atoms with van der Waals surface area (Å²) in [6.07, 6.45) is 5.23. The molecule has 2 N–H and O–H groups in total. The number of furan rings is 1. The maximum Gasteiger partial charge on any atom is 0.123 e. The molecule has 1 aliphatic rings. The van der Waals surface area contributed by atoms with Gasteiger partial charge in [-0.05, 0) is 56.0 Å². The molecule has 1 aliphatic carbocycles. The molecule has 1 unspecified atom stereocenters. The van der Waals surface area contributed by atoms with Gasteiger partial charge in [-0.15, -0.1) is 0 Å². The molecular formula is C17H22N2O. The van der Waals surface area contributed by atoms with Crippen LogP contribution in [0.15, 0.2) is 47.1 Å². The van der Waals surface area contributed by atoms with E-state index in [0.717, 1.165) is 18.7 Å². The number of nitrogens with zero attached hydrogens (tertiary/aromatic N) is 1. The molecule has 1 aromatic carbocycles. The van der Waals surface area contributed by atoms with Crippen molar-refractivity contribution in [2.45, 2.75) is 44.8 Å². The molecule has 1 saturated carbocycles. The van der Waals surface area contributed by atoms with Crippen molar-refractivity contribution in [3.8, 4) is 0 Å². The number of hydrogen-bond donors (Lipinski definition) is 1. The Morgan fingerprint density at radius 3 is 2.55 bits per heavy atom. The Kier molecular flexibility index (Phi) is 3.79. The van der Waals surface area contributed by atoms with E-state index in [0.29, 0.717) is 6.04 Å². The highest BCUT2D eigenvalue weighted by molar-refractivity contribution is 5.50. The van der Waals surface area contributed by atoms with Gasteiger partial charge in [0.25, 0.3) is 0 Å². The van der Waals surface area contributed by atoms with Crippen molar-refractivity contribution in [2.24, 2.45) is 5.73 Å². The summed E-state index contributed by atoms with van der Waals surface area (Å²) in [5.41, 5.74) is 8.43. The molecule has 2 aromatic rings. The molecule has 3 heteroatoms. The van der Waals surface area contributed by atoms with Crippen LogP contribution < -0.4 is 10.6 Å². The highest BCUT2D eigenvalue weighted by Crippen LogP contribution is 2.33. The standard InChI is InChI=1S/C17H22N2O/c1-13(18)11-14-4-6-15(7-5-14)19(16-8-9-16)12-17-3-2-10-20-17/h2-7,10,13,16H,8-9,11-12,18H2,1H3. The Hall–Kier alpha value is -1.74. The third-order valence-corrected chi connectivity index (χ3v) is 3.72. The molecule has 1 atom stereocenters. The van der Waals surface area contributed by atoms with E-state index in [4.69, 9.17) is 10.2 Å². The van der Waals surface area contributed by atoms with Gasteiger partial charge in [-0.1, -0.05) is 12.1 Å². The van der Waals surface area contributed by atoms with E-state index in [-0.39, 0.29) is 6.04 Å². The molecular weight excluding hydrogens is 248 g/mol. The maximum absolute atomic E-state index is 5.85. The monoisotopic (exact) mass is 270 g/mol. The largest absolute Gasteiger partial charge is 0.467 e. The molecule has 3 rings (SSSR count). The van der Waals surface area contributed by atoms with Gasteiger partial charge in [0.05, 0.1) is 12.8 Å². The molecule has 0 bridgehead atoms. The van der Waals surface area contributed by atoms with Gasteiger partial charge in [0, 0.05) is 17.8 Å². The van der Waals surface area contributed by atoms with Crippen LogP contribution in [0.5, 0.6) is 0 Å². The van der Waals surface area contributed by atoms with E-state index in [2.05, 4.69) is 29.2 Å². The van der Waals surface area contributed by atoms with Crippen molar-refractivity contribution in [2.75, 3.05) is 4.90 Å². The average Bonchev–Trinajstić information content (AvgIpc) is 3.14. The van der Waals surface area contributed by atoms with Crippen LogP contribution in [0, 0.1) is 0 Å². The fraction of sp³-hybridized carbons (Fsp3) is 0.412. The molecule has 1 fully saturated rings. The summed E-state index contributed by atoms with van der Waals surface area (Å²) in [5.74, 6) is 1.02. The fourth-order valence-electron chi connectivity index (χ4n) is 2.58. The van der Waals surface area contributed by atoms with E-state index in [9.17, 15) is 0 Å². The minimum atomic E-state index is 0.212. The number of nitrogens with two attached hydrogens (primary N) is 1. The Morgan fingerprint density at radius 2 is 2.00 bits per heavy atom. The van der Waals surface area contributed by atoms with Crippen LogP contribution in [0.2, 0.25) is 0 Å². The third kappa shape index (κ3) is 3.23. The first-order chi connectivity index (χ1) is 9.72. The molecule has 0 radical (unpaired) electrons. The summed E-state index contributed by atoms with van der Waals surface area (Å²) in [5, 5.41) is 0. The van der Waals surface area contributed by atoms with Crippen LogP contribution in [0.3, 0.4) is 0 Å². The summed E-state index contributed by atoms with van der Waals surface area (Å²) in [6.45, 7) is 2.89. The minimum absolute atomic E-state index is 0.212. The van der Waals surface area contributed by atoms with Crippen LogP contribution in [-0.2, 0) is 13.0 Å². The highest BCUT2D eigenvalue weighted by atomic mass is 16.3. The summed E-state index contributed by atoms with van der Waals surface area (Å²) in [7, 11) is 0. The van der Waals surface area contributed by atoms with E-state index in [1.807, 2.05) is 19.1 Å². The zero-order valence-corrected chi connectivity index (χ0v) is 12.0. The lowest BCUT2D eigenvalue weighted by atomic mass is 10.1. The maximum atomic E-state index is 5.85.